The number of hydrogen-bond donors (Lipinski definition) is 0. The highest BCUT2D eigenvalue weighted by Crippen LogP contribution is 2.16. The van der Waals surface area contributed by atoms with Gasteiger partial charge in [-0.3, -0.25) is 9.48 Å². The van der Waals surface area contributed by atoms with Gasteiger partial charge in [0.15, 0.2) is 0 Å². The van der Waals surface area contributed by atoms with Gasteiger partial charge in [0.25, 0.3) is 0 Å². The third-order valence-corrected chi connectivity index (χ3v) is 2.56. The molecule has 1 aliphatic heterocycles. The number of aromatic nitrogens is 2. The van der Waals surface area contributed by atoms with Gasteiger partial charge >= 0.3 is 0 Å². The van der Waals surface area contributed by atoms with Crippen molar-refractivity contribution < 1.29 is 4.79 Å². The minimum atomic E-state index is -0.130. The van der Waals surface area contributed by atoms with Crippen LogP contribution >= 0.6 is 0 Å². The first-order valence-corrected chi connectivity index (χ1v) is 4.94. The molecule has 1 unspecified atom stereocenters. The second-order valence-corrected chi connectivity index (χ2v) is 3.64. The Labute approximate surface area is 87.9 Å². The van der Waals surface area contributed by atoms with Crippen molar-refractivity contribution in [3.63, 3.8) is 0 Å². The summed E-state index contributed by atoms with van der Waals surface area (Å²) in [6.07, 6.45) is 3.95. The van der Waals surface area contributed by atoms with Gasteiger partial charge in [0, 0.05) is 31.9 Å². The molecule has 0 spiro atoms. The minimum absolute atomic E-state index is 0.0775. The molecule has 0 aromatic carbocycles. The largest absolute Gasteiger partial charge is 0.339 e. The van der Waals surface area contributed by atoms with Crippen molar-refractivity contribution in [2.75, 3.05) is 13.1 Å². The Morgan fingerprint density at radius 1 is 1.60 bits per heavy atom. The maximum atomic E-state index is 11.4. The fraction of sp³-hybridized carbons (Fsp3) is 0.500. The van der Waals surface area contributed by atoms with E-state index in [1.807, 2.05) is 12.3 Å². The number of likely N-dealkylation sites (tertiary alicyclic amines) is 1. The Bertz CT molecular complexity index is 379. The van der Waals surface area contributed by atoms with E-state index in [0.717, 1.165) is 0 Å². The van der Waals surface area contributed by atoms with Gasteiger partial charge in [-0.15, -0.1) is 0 Å². The summed E-state index contributed by atoms with van der Waals surface area (Å²) in [5.41, 5.74) is 0. The maximum Gasteiger partial charge on any atom is 0.224 e. The summed E-state index contributed by atoms with van der Waals surface area (Å²) in [6.45, 7) is 1.90. The van der Waals surface area contributed by atoms with Crippen molar-refractivity contribution in [2.24, 2.45) is 5.92 Å². The number of carbonyl (C=O) groups excluding carboxylic acids is 1. The van der Waals surface area contributed by atoms with E-state index in [1.165, 1.54) is 0 Å². The molecule has 2 heterocycles. The second-order valence-electron chi connectivity index (χ2n) is 3.64. The number of amides is 1. The predicted octanol–water partition coefficient (Wildman–Crippen LogP) is 0.255. The highest BCUT2D eigenvalue weighted by atomic mass is 16.2. The molecule has 1 fully saturated rings. The summed E-state index contributed by atoms with van der Waals surface area (Å²) in [7, 11) is 0. The Morgan fingerprint density at radius 3 is 3.07 bits per heavy atom. The highest BCUT2D eigenvalue weighted by Gasteiger charge is 2.28. The number of nitriles is 1. The van der Waals surface area contributed by atoms with Gasteiger partial charge in [-0.05, 0) is 6.07 Å². The molecule has 5 nitrogen and oxygen atoms in total. The van der Waals surface area contributed by atoms with Crippen LogP contribution < -0.4 is 0 Å². The van der Waals surface area contributed by atoms with E-state index in [4.69, 9.17) is 5.26 Å². The standard InChI is InChI=1S/C10H12N4O/c11-7-9-6-10(15)13(8-9)4-5-14-3-1-2-12-14/h1-3,9H,4-6,8H2. The van der Waals surface area contributed by atoms with Gasteiger partial charge in [-0.1, -0.05) is 0 Å². The number of hydrogen-bond acceptors (Lipinski definition) is 3. The highest BCUT2D eigenvalue weighted by molar-refractivity contribution is 5.79. The zero-order valence-electron chi connectivity index (χ0n) is 8.33. The average Bonchev–Trinajstić information content (AvgIpc) is 2.84. The van der Waals surface area contributed by atoms with Crippen LogP contribution in [-0.4, -0.2) is 33.7 Å². The van der Waals surface area contributed by atoms with Crippen molar-refractivity contribution in [2.45, 2.75) is 13.0 Å². The van der Waals surface area contributed by atoms with E-state index in [1.54, 1.807) is 15.8 Å². The lowest BCUT2D eigenvalue weighted by molar-refractivity contribution is -0.127. The van der Waals surface area contributed by atoms with Crippen LogP contribution in [0.4, 0.5) is 0 Å². The van der Waals surface area contributed by atoms with E-state index in [9.17, 15) is 4.79 Å². The molecule has 0 saturated carbocycles. The van der Waals surface area contributed by atoms with E-state index in [0.29, 0.717) is 26.1 Å². The molecule has 1 saturated heterocycles. The number of nitrogens with zero attached hydrogens (tertiary/aromatic N) is 4. The van der Waals surface area contributed by atoms with Crippen molar-refractivity contribution in [3.05, 3.63) is 18.5 Å². The molecular weight excluding hydrogens is 192 g/mol. The Kier molecular flexibility index (Phi) is 2.68. The summed E-state index contributed by atoms with van der Waals surface area (Å²) >= 11 is 0. The van der Waals surface area contributed by atoms with Crippen LogP contribution in [-0.2, 0) is 11.3 Å². The van der Waals surface area contributed by atoms with E-state index in [-0.39, 0.29) is 11.8 Å². The molecule has 0 radical (unpaired) electrons. The summed E-state index contributed by atoms with van der Waals surface area (Å²) < 4.78 is 1.78. The third-order valence-electron chi connectivity index (χ3n) is 2.56. The van der Waals surface area contributed by atoms with Crippen LogP contribution in [0.15, 0.2) is 18.5 Å². The molecular formula is C10H12N4O. The summed E-state index contributed by atoms with van der Waals surface area (Å²) in [6, 6.07) is 3.98. The molecule has 5 heteroatoms. The number of rotatable bonds is 3. The number of carbonyl (C=O) groups is 1. The molecule has 0 bridgehead atoms. The maximum absolute atomic E-state index is 11.4. The molecule has 1 amide bonds. The van der Waals surface area contributed by atoms with Crippen molar-refractivity contribution >= 4 is 5.91 Å². The normalized spacial score (nSPS) is 20.6. The third kappa shape index (κ3) is 2.15. The van der Waals surface area contributed by atoms with Crippen LogP contribution in [0.2, 0.25) is 0 Å². The first-order valence-electron chi connectivity index (χ1n) is 4.94. The quantitative estimate of drug-likeness (QED) is 0.709. The summed E-state index contributed by atoms with van der Waals surface area (Å²) in [5, 5.41) is 12.8. The average molecular weight is 204 g/mol. The first-order chi connectivity index (χ1) is 7.29. The van der Waals surface area contributed by atoms with Crippen molar-refractivity contribution in [3.8, 4) is 6.07 Å². The molecule has 1 aromatic rings. The van der Waals surface area contributed by atoms with Gasteiger partial charge < -0.3 is 4.90 Å². The Balaban J connectivity index is 1.86. The topological polar surface area (TPSA) is 61.9 Å². The zero-order valence-corrected chi connectivity index (χ0v) is 8.33. The summed E-state index contributed by atoms with van der Waals surface area (Å²) in [5.74, 6) is -0.0520. The Morgan fingerprint density at radius 2 is 2.47 bits per heavy atom. The second kappa shape index (κ2) is 4.13. The van der Waals surface area contributed by atoms with Crippen LogP contribution in [0.5, 0.6) is 0 Å². The van der Waals surface area contributed by atoms with Crippen molar-refractivity contribution in [1.29, 1.82) is 5.26 Å². The molecule has 15 heavy (non-hydrogen) atoms. The fourth-order valence-electron chi connectivity index (χ4n) is 1.73. The molecule has 2 rings (SSSR count). The van der Waals surface area contributed by atoms with Gasteiger partial charge in [0.05, 0.1) is 18.5 Å². The van der Waals surface area contributed by atoms with E-state index >= 15 is 0 Å². The predicted molar refractivity (Wildman–Crippen MR) is 52.5 cm³/mol. The van der Waals surface area contributed by atoms with Gasteiger partial charge in [-0.2, -0.15) is 10.4 Å². The molecule has 0 aliphatic carbocycles. The van der Waals surface area contributed by atoms with Crippen LogP contribution in [0.1, 0.15) is 6.42 Å². The lowest BCUT2D eigenvalue weighted by atomic mass is 10.1. The SMILES string of the molecule is N#CC1CC(=O)N(CCn2cccn2)C1. The fourth-order valence-corrected chi connectivity index (χ4v) is 1.73. The zero-order chi connectivity index (χ0) is 10.7. The molecule has 78 valence electrons. The molecule has 0 N–H and O–H groups in total. The molecule has 1 atom stereocenters. The van der Waals surface area contributed by atoms with Crippen LogP contribution in [0.3, 0.4) is 0 Å². The van der Waals surface area contributed by atoms with Gasteiger partial charge in [0.2, 0.25) is 5.91 Å². The lowest BCUT2D eigenvalue weighted by Gasteiger charge is -2.15. The van der Waals surface area contributed by atoms with E-state index in [2.05, 4.69) is 11.2 Å². The van der Waals surface area contributed by atoms with Crippen LogP contribution in [0, 0.1) is 17.2 Å². The summed E-state index contributed by atoms with van der Waals surface area (Å²) in [4.78, 5) is 13.2. The van der Waals surface area contributed by atoms with E-state index < -0.39 is 0 Å². The van der Waals surface area contributed by atoms with Crippen molar-refractivity contribution in [1.82, 2.24) is 14.7 Å². The first kappa shape index (κ1) is 9.71. The van der Waals surface area contributed by atoms with Gasteiger partial charge in [-0.25, -0.2) is 0 Å². The molecule has 1 aromatic heterocycles. The lowest BCUT2D eigenvalue weighted by Crippen LogP contribution is -2.29. The Hall–Kier alpha value is -1.83. The van der Waals surface area contributed by atoms with Crippen LogP contribution in [0.25, 0.3) is 0 Å². The van der Waals surface area contributed by atoms with Gasteiger partial charge in [0.1, 0.15) is 0 Å². The minimum Gasteiger partial charge on any atom is -0.339 e. The smallest absolute Gasteiger partial charge is 0.224 e. The molecule has 1 aliphatic rings. The monoisotopic (exact) mass is 204 g/mol.